The van der Waals surface area contributed by atoms with Crippen molar-refractivity contribution in [2.24, 2.45) is 4.99 Å². The van der Waals surface area contributed by atoms with Crippen LogP contribution in [0.5, 0.6) is 0 Å². The third-order valence-corrected chi connectivity index (χ3v) is 3.99. The number of ether oxygens (including phenoxy) is 1. The number of aliphatic imine (C=N–C) groups is 1. The van der Waals surface area contributed by atoms with E-state index < -0.39 is 15.4 Å². The molecule has 0 saturated carbocycles. The predicted molar refractivity (Wildman–Crippen MR) is 108 cm³/mol. The molecule has 0 aromatic carbocycles. The molecule has 1 unspecified atom stereocenters. The topological polar surface area (TPSA) is 113 Å². The number of halogens is 1. The number of aliphatic hydroxyl groups is 1. The molecule has 8 nitrogen and oxygen atoms in total. The number of nitrogens with one attached hydrogen (secondary N) is 2. The van der Waals surface area contributed by atoms with Gasteiger partial charge in [0, 0.05) is 19.3 Å². The highest BCUT2D eigenvalue weighted by atomic mass is 127. The van der Waals surface area contributed by atoms with Crippen LogP contribution in [-0.2, 0) is 20.2 Å². The van der Waals surface area contributed by atoms with Gasteiger partial charge in [0.1, 0.15) is 21.2 Å². The second-order valence-corrected chi connectivity index (χ2v) is 7.88. The molecular weight excluding hydrogens is 461 g/mol. The fourth-order valence-corrected chi connectivity index (χ4v) is 2.21. The fourth-order valence-electron chi connectivity index (χ4n) is 1.79. The third-order valence-electron chi connectivity index (χ3n) is 3.08. The molecule has 1 heterocycles. The van der Waals surface area contributed by atoms with E-state index in [4.69, 9.17) is 9.15 Å². The maximum Gasteiger partial charge on any atom is 0.191 e. The van der Waals surface area contributed by atoms with Crippen LogP contribution in [0, 0.1) is 0 Å². The minimum absolute atomic E-state index is 0. The normalized spacial score (nSPS) is 14.5. The van der Waals surface area contributed by atoms with Gasteiger partial charge in [-0.1, -0.05) is 0 Å². The van der Waals surface area contributed by atoms with Crippen LogP contribution >= 0.6 is 24.0 Å². The average molecular weight is 489 g/mol. The Morgan fingerprint density at radius 3 is 2.68 bits per heavy atom. The van der Waals surface area contributed by atoms with Crippen molar-refractivity contribution >= 4 is 39.8 Å². The Morgan fingerprint density at radius 2 is 2.12 bits per heavy atom. The quantitative estimate of drug-likeness (QED) is 0.192. The van der Waals surface area contributed by atoms with Crippen molar-refractivity contribution < 1.29 is 22.7 Å². The monoisotopic (exact) mass is 489 g/mol. The van der Waals surface area contributed by atoms with E-state index in [2.05, 4.69) is 15.6 Å². The van der Waals surface area contributed by atoms with Crippen molar-refractivity contribution in [3.05, 3.63) is 24.2 Å². The average Bonchev–Trinajstić information content (AvgIpc) is 3.02. The van der Waals surface area contributed by atoms with E-state index in [0.717, 1.165) is 0 Å². The summed E-state index contributed by atoms with van der Waals surface area (Å²) in [5.41, 5.74) is -1.20. The van der Waals surface area contributed by atoms with Crippen LogP contribution in [0.3, 0.4) is 0 Å². The molecule has 1 atom stereocenters. The van der Waals surface area contributed by atoms with Gasteiger partial charge in [-0.3, -0.25) is 0 Å². The summed E-state index contributed by atoms with van der Waals surface area (Å²) in [5.74, 6) is 0.995. The molecule has 10 heteroatoms. The zero-order valence-electron chi connectivity index (χ0n) is 14.8. The van der Waals surface area contributed by atoms with Crippen molar-refractivity contribution in [3.8, 4) is 0 Å². The van der Waals surface area contributed by atoms with Gasteiger partial charge in [0.2, 0.25) is 0 Å². The lowest BCUT2D eigenvalue weighted by molar-refractivity contribution is 0.0437. The number of furan rings is 1. The zero-order valence-corrected chi connectivity index (χ0v) is 18.0. The van der Waals surface area contributed by atoms with Gasteiger partial charge in [0.05, 0.1) is 31.8 Å². The van der Waals surface area contributed by atoms with Gasteiger partial charge in [0.15, 0.2) is 5.96 Å². The van der Waals surface area contributed by atoms with Crippen LogP contribution < -0.4 is 10.6 Å². The Bertz CT molecular complexity index is 603. The molecular formula is C15H28IN3O5S. The van der Waals surface area contributed by atoms with Crippen LogP contribution in [-0.4, -0.2) is 64.3 Å². The first kappa shape index (κ1) is 24.1. The number of guanidine groups is 1. The summed E-state index contributed by atoms with van der Waals surface area (Å²) in [6.45, 7) is 5.36. The molecule has 0 saturated heterocycles. The summed E-state index contributed by atoms with van der Waals surface area (Å²) in [6, 6.07) is 3.41. The highest BCUT2D eigenvalue weighted by Gasteiger charge is 2.25. The van der Waals surface area contributed by atoms with Crippen LogP contribution in [0.4, 0.5) is 0 Å². The third kappa shape index (κ3) is 10.7. The number of nitrogens with zero attached hydrogens (tertiary/aromatic N) is 1. The van der Waals surface area contributed by atoms with Crippen LogP contribution in [0.1, 0.15) is 19.6 Å². The van der Waals surface area contributed by atoms with E-state index in [0.29, 0.717) is 31.4 Å². The van der Waals surface area contributed by atoms with E-state index >= 15 is 0 Å². The van der Waals surface area contributed by atoms with Crippen LogP contribution in [0.25, 0.3) is 0 Å². The number of hydrogen-bond acceptors (Lipinski definition) is 6. The van der Waals surface area contributed by atoms with Crippen molar-refractivity contribution in [2.75, 3.05) is 44.9 Å². The Kier molecular flexibility index (Phi) is 11.3. The zero-order chi connectivity index (χ0) is 18.1. The molecule has 0 radical (unpaired) electrons. The van der Waals surface area contributed by atoms with Crippen molar-refractivity contribution in [3.63, 3.8) is 0 Å². The summed E-state index contributed by atoms with van der Waals surface area (Å²) >= 11 is 0. The second kappa shape index (κ2) is 11.7. The first-order valence-corrected chi connectivity index (χ1v) is 9.84. The standard InChI is InChI=1S/C15H27N3O5S.HI/c1-4-16-14(17-7-9-22-10-11-24(3,20)21)18-12-15(2,19)13-6-5-8-23-13;/h5-6,8,19H,4,7,9-12H2,1-3H3,(H2,16,17,18);1H. The molecule has 146 valence electrons. The number of rotatable bonds is 10. The first-order chi connectivity index (χ1) is 11.2. The summed E-state index contributed by atoms with van der Waals surface area (Å²) < 4.78 is 32.4. The van der Waals surface area contributed by atoms with Gasteiger partial charge in [-0.05, 0) is 26.0 Å². The van der Waals surface area contributed by atoms with Gasteiger partial charge >= 0.3 is 0 Å². The van der Waals surface area contributed by atoms with Gasteiger partial charge in [0.25, 0.3) is 0 Å². The molecule has 3 N–H and O–H groups in total. The first-order valence-electron chi connectivity index (χ1n) is 7.78. The maximum atomic E-state index is 11.0. The van der Waals surface area contributed by atoms with E-state index in [9.17, 15) is 13.5 Å². The van der Waals surface area contributed by atoms with E-state index in [1.807, 2.05) is 6.92 Å². The molecule has 0 amide bonds. The molecule has 0 bridgehead atoms. The van der Waals surface area contributed by atoms with Gasteiger partial charge in [-0.25, -0.2) is 13.4 Å². The number of hydrogen-bond donors (Lipinski definition) is 3. The van der Waals surface area contributed by atoms with E-state index in [-0.39, 0.29) is 42.9 Å². The highest BCUT2D eigenvalue weighted by Crippen LogP contribution is 2.20. The molecule has 1 rings (SSSR count). The molecule has 1 aromatic heterocycles. The SMILES string of the molecule is CCNC(=NCC(C)(O)c1ccco1)NCCOCCS(C)(=O)=O.I. The van der Waals surface area contributed by atoms with Gasteiger partial charge < -0.3 is 24.9 Å². The van der Waals surface area contributed by atoms with Crippen molar-refractivity contribution in [1.82, 2.24) is 10.6 Å². The Morgan fingerprint density at radius 1 is 1.40 bits per heavy atom. The maximum absolute atomic E-state index is 11.0. The molecule has 25 heavy (non-hydrogen) atoms. The van der Waals surface area contributed by atoms with Gasteiger partial charge in [-0.2, -0.15) is 0 Å². The fraction of sp³-hybridized carbons (Fsp3) is 0.667. The summed E-state index contributed by atoms with van der Waals surface area (Å²) in [5, 5.41) is 16.5. The Balaban J connectivity index is 0.00000576. The van der Waals surface area contributed by atoms with Gasteiger partial charge in [-0.15, -0.1) is 24.0 Å². The molecule has 0 aliphatic heterocycles. The van der Waals surface area contributed by atoms with Crippen LogP contribution in [0.2, 0.25) is 0 Å². The summed E-state index contributed by atoms with van der Waals surface area (Å²) in [4.78, 5) is 4.33. The summed E-state index contributed by atoms with van der Waals surface area (Å²) in [6.07, 6.45) is 2.68. The number of sulfone groups is 1. The molecule has 0 spiro atoms. The van der Waals surface area contributed by atoms with Crippen molar-refractivity contribution in [2.45, 2.75) is 19.4 Å². The largest absolute Gasteiger partial charge is 0.466 e. The minimum atomic E-state index is -3.00. The van der Waals surface area contributed by atoms with E-state index in [1.165, 1.54) is 12.5 Å². The van der Waals surface area contributed by atoms with Crippen molar-refractivity contribution in [1.29, 1.82) is 0 Å². The predicted octanol–water partition coefficient (Wildman–Crippen LogP) is 0.721. The second-order valence-electron chi connectivity index (χ2n) is 5.62. The minimum Gasteiger partial charge on any atom is -0.466 e. The van der Waals surface area contributed by atoms with E-state index in [1.54, 1.807) is 19.1 Å². The summed E-state index contributed by atoms with van der Waals surface area (Å²) in [7, 11) is -3.00. The Hall–Kier alpha value is -0.850. The lowest BCUT2D eigenvalue weighted by atomic mass is 10.0. The molecule has 0 aliphatic rings. The Labute approximate surface area is 166 Å². The highest BCUT2D eigenvalue weighted by molar-refractivity contribution is 14.0. The lowest BCUT2D eigenvalue weighted by Gasteiger charge is -2.19. The van der Waals surface area contributed by atoms with Crippen LogP contribution in [0.15, 0.2) is 27.8 Å². The smallest absolute Gasteiger partial charge is 0.191 e. The molecule has 1 aromatic rings. The lowest BCUT2D eigenvalue weighted by Crippen LogP contribution is -2.40. The molecule has 0 aliphatic carbocycles. The molecule has 0 fully saturated rings.